The highest BCUT2D eigenvalue weighted by Gasteiger charge is 2.44. The average Bonchev–Trinajstić information content (AvgIpc) is 2.23. The molecule has 0 aromatic carbocycles. The molecule has 1 aliphatic carbocycles. The molecule has 0 radical (unpaired) electrons. The molecule has 1 amide bonds. The molecule has 18 heavy (non-hydrogen) atoms. The van der Waals surface area contributed by atoms with Gasteiger partial charge >= 0.3 is 0 Å². The molecule has 4 heteroatoms. The summed E-state index contributed by atoms with van der Waals surface area (Å²) in [6.07, 6.45) is 4.08. The number of carbonyl (C=O) groups is 2. The zero-order valence-corrected chi connectivity index (χ0v) is 11.6. The highest BCUT2D eigenvalue weighted by Crippen LogP contribution is 2.32. The molecule has 0 bridgehead atoms. The first-order chi connectivity index (χ1) is 8.42. The fraction of sp³-hybridized carbons (Fsp3) is 0.714. The third-order valence-corrected chi connectivity index (χ3v) is 3.37. The van der Waals surface area contributed by atoms with Crippen LogP contribution in [0.3, 0.4) is 0 Å². The standard InChI is InChI=1S/C14H24N2O2/c1-5-6-14(8-11(17)9-14)16-13(18)12(15-4)7-10(2)3/h5,10,12,15H,1,6-9H2,2-4H3,(H,16,18). The Bertz CT molecular complexity index is 323. The molecule has 2 N–H and O–H groups in total. The number of hydrogen-bond donors (Lipinski definition) is 2. The molecular weight excluding hydrogens is 228 g/mol. The van der Waals surface area contributed by atoms with Crippen molar-refractivity contribution in [2.75, 3.05) is 7.05 Å². The lowest BCUT2D eigenvalue weighted by Gasteiger charge is -2.41. The van der Waals surface area contributed by atoms with Crippen molar-refractivity contribution < 1.29 is 9.59 Å². The highest BCUT2D eigenvalue weighted by atomic mass is 16.2. The first-order valence-electron chi connectivity index (χ1n) is 6.54. The number of Topliss-reactive ketones (excluding diaryl/α,β-unsaturated/α-hetero) is 1. The molecule has 0 aliphatic heterocycles. The summed E-state index contributed by atoms with van der Waals surface area (Å²) in [5.41, 5.74) is -0.373. The maximum absolute atomic E-state index is 12.2. The van der Waals surface area contributed by atoms with Crippen molar-refractivity contribution in [3.8, 4) is 0 Å². The lowest BCUT2D eigenvalue weighted by molar-refractivity contribution is -0.134. The molecule has 1 fully saturated rings. The smallest absolute Gasteiger partial charge is 0.237 e. The van der Waals surface area contributed by atoms with Crippen molar-refractivity contribution in [2.45, 2.75) is 51.1 Å². The van der Waals surface area contributed by atoms with Crippen LogP contribution >= 0.6 is 0 Å². The van der Waals surface area contributed by atoms with E-state index in [1.54, 1.807) is 13.1 Å². The Morgan fingerprint density at radius 2 is 2.11 bits per heavy atom. The monoisotopic (exact) mass is 252 g/mol. The third-order valence-electron chi connectivity index (χ3n) is 3.37. The Kier molecular flexibility index (Phi) is 5.08. The van der Waals surface area contributed by atoms with Gasteiger partial charge < -0.3 is 10.6 Å². The maximum Gasteiger partial charge on any atom is 0.237 e. The second-order valence-electron chi connectivity index (χ2n) is 5.63. The van der Waals surface area contributed by atoms with Gasteiger partial charge in [0.2, 0.25) is 5.91 Å². The van der Waals surface area contributed by atoms with E-state index >= 15 is 0 Å². The first-order valence-corrected chi connectivity index (χ1v) is 6.54. The Balaban J connectivity index is 2.60. The van der Waals surface area contributed by atoms with Gasteiger partial charge in [0.1, 0.15) is 5.78 Å². The predicted molar refractivity (Wildman–Crippen MR) is 72.2 cm³/mol. The first kappa shape index (κ1) is 14.9. The second-order valence-corrected chi connectivity index (χ2v) is 5.63. The van der Waals surface area contributed by atoms with E-state index in [0.29, 0.717) is 25.2 Å². The van der Waals surface area contributed by atoms with Crippen LogP contribution in [0.2, 0.25) is 0 Å². The maximum atomic E-state index is 12.2. The van der Waals surface area contributed by atoms with Crippen LogP contribution in [0.15, 0.2) is 12.7 Å². The summed E-state index contributed by atoms with van der Waals surface area (Å²) in [4.78, 5) is 23.4. The zero-order valence-electron chi connectivity index (χ0n) is 11.6. The Labute approximate surface area is 109 Å². The number of amides is 1. The van der Waals surface area contributed by atoms with Gasteiger partial charge in [-0.2, -0.15) is 0 Å². The number of likely N-dealkylation sites (N-methyl/N-ethyl adjacent to an activating group) is 1. The summed E-state index contributed by atoms with van der Waals surface area (Å²) in [6, 6.07) is -0.192. The van der Waals surface area contributed by atoms with Gasteiger partial charge in [0, 0.05) is 12.8 Å². The van der Waals surface area contributed by atoms with Gasteiger partial charge in [0.25, 0.3) is 0 Å². The molecule has 1 aliphatic rings. The molecule has 0 aromatic heterocycles. The quantitative estimate of drug-likeness (QED) is 0.674. The largest absolute Gasteiger partial charge is 0.348 e. The Morgan fingerprint density at radius 1 is 1.50 bits per heavy atom. The number of carbonyl (C=O) groups excluding carboxylic acids is 2. The van der Waals surface area contributed by atoms with Crippen molar-refractivity contribution in [2.24, 2.45) is 5.92 Å². The Morgan fingerprint density at radius 3 is 2.50 bits per heavy atom. The molecule has 1 atom stereocenters. The summed E-state index contributed by atoms with van der Waals surface area (Å²) in [5.74, 6) is 0.647. The predicted octanol–water partition coefficient (Wildman–Crippen LogP) is 1.41. The zero-order chi connectivity index (χ0) is 13.8. The van der Waals surface area contributed by atoms with E-state index in [4.69, 9.17) is 0 Å². The van der Waals surface area contributed by atoms with Crippen LogP contribution in [0.4, 0.5) is 0 Å². The normalized spacial score (nSPS) is 19.2. The minimum absolute atomic E-state index is 0.0134. The summed E-state index contributed by atoms with van der Waals surface area (Å²) in [5, 5.41) is 6.06. The minimum Gasteiger partial charge on any atom is -0.348 e. The fourth-order valence-corrected chi connectivity index (χ4v) is 2.44. The molecule has 4 nitrogen and oxygen atoms in total. The van der Waals surface area contributed by atoms with E-state index in [-0.39, 0.29) is 23.3 Å². The molecule has 1 saturated carbocycles. The Hall–Kier alpha value is -1.16. The van der Waals surface area contributed by atoms with Crippen molar-refractivity contribution in [1.82, 2.24) is 10.6 Å². The summed E-state index contributed by atoms with van der Waals surface area (Å²) in [7, 11) is 1.79. The van der Waals surface area contributed by atoms with E-state index in [9.17, 15) is 9.59 Å². The fourth-order valence-electron chi connectivity index (χ4n) is 2.44. The molecule has 0 saturated heterocycles. The van der Waals surface area contributed by atoms with E-state index in [2.05, 4.69) is 31.1 Å². The van der Waals surface area contributed by atoms with Crippen molar-refractivity contribution >= 4 is 11.7 Å². The summed E-state index contributed by atoms with van der Waals surface area (Å²) in [6.45, 7) is 7.87. The molecule has 0 heterocycles. The van der Waals surface area contributed by atoms with Crippen LogP contribution in [0.25, 0.3) is 0 Å². The van der Waals surface area contributed by atoms with Crippen LogP contribution in [0.1, 0.15) is 39.5 Å². The van der Waals surface area contributed by atoms with Crippen LogP contribution in [0, 0.1) is 5.92 Å². The lowest BCUT2D eigenvalue weighted by atomic mass is 9.73. The number of nitrogens with one attached hydrogen (secondary N) is 2. The number of hydrogen-bond acceptors (Lipinski definition) is 3. The minimum atomic E-state index is -0.373. The molecular formula is C14H24N2O2. The third kappa shape index (κ3) is 3.67. The highest BCUT2D eigenvalue weighted by molar-refractivity contribution is 5.91. The SMILES string of the molecule is C=CCC1(NC(=O)C(CC(C)C)NC)CC(=O)C1. The number of ketones is 1. The van der Waals surface area contributed by atoms with Gasteiger partial charge in [-0.3, -0.25) is 9.59 Å². The van der Waals surface area contributed by atoms with Gasteiger partial charge in [-0.15, -0.1) is 6.58 Å². The van der Waals surface area contributed by atoms with Gasteiger partial charge in [0.15, 0.2) is 0 Å². The second kappa shape index (κ2) is 6.14. The van der Waals surface area contributed by atoms with Gasteiger partial charge in [-0.1, -0.05) is 19.9 Å². The molecule has 102 valence electrons. The van der Waals surface area contributed by atoms with E-state index in [0.717, 1.165) is 6.42 Å². The van der Waals surface area contributed by atoms with Crippen molar-refractivity contribution in [3.63, 3.8) is 0 Å². The summed E-state index contributed by atoms with van der Waals surface area (Å²) < 4.78 is 0. The number of rotatable bonds is 7. The topological polar surface area (TPSA) is 58.2 Å². The lowest BCUT2D eigenvalue weighted by Crippen LogP contribution is -2.60. The molecule has 1 rings (SSSR count). The van der Waals surface area contributed by atoms with Crippen LogP contribution in [0.5, 0.6) is 0 Å². The van der Waals surface area contributed by atoms with E-state index < -0.39 is 0 Å². The van der Waals surface area contributed by atoms with Gasteiger partial charge in [0.05, 0.1) is 11.6 Å². The van der Waals surface area contributed by atoms with Crippen LogP contribution in [-0.2, 0) is 9.59 Å². The van der Waals surface area contributed by atoms with Crippen molar-refractivity contribution in [1.29, 1.82) is 0 Å². The van der Waals surface area contributed by atoms with Gasteiger partial charge in [-0.25, -0.2) is 0 Å². The van der Waals surface area contributed by atoms with Crippen LogP contribution in [-0.4, -0.2) is 30.3 Å². The molecule has 0 spiro atoms. The van der Waals surface area contributed by atoms with E-state index in [1.807, 2.05) is 0 Å². The molecule has 0 aromatic rings. The van der Waals surface area contributed by atoms with E-state index in [1.165, 1.54) is 0 Å². The molecule has 1 unspecified atom stereocenters. The van der Waals surface area contributed by atoms with Gasteiger partial charge in [-0.05, 0) is 25.8 Å². The average molecular weight is 252 g/mol. The summed E-state index contributed by atoms with van der Waals surface area (Å²) >= 11 is 0. The van der Waals surface area contributed by atoms with Crippen molar-refractivity contribution in [3.05, 3.63) is 12.7 Å². The van der Waals surface area contributed by atoms with Crippen LogP contribution < -0.4 is 10.6 Å².